The van der Waals surface area contributed by atoms with E-state index in [1.165, 1.54) is 6.07 Å². The van der Waals surface area contributed by atoms with Crippen LogP contribution in [0.4, 0.5) is 0 Å². The van der Waals surface area contributed by atoms with Gasteiger partial charge in [0.25, 0.3) is 0 Å². The molecule has 17 heavy (non-hydrogen) atoms. The summed E-state index contributed by atoms with van der Waals surface area (Å²) in [6.45, 7) is 1.68. The fraction of sp³-hybridized carbons (Fsp3) is 0.333. The molecule has 5 heteroatoms. The molecule has 0 saturated heterocycles. The van der Waals surface area contributed by atoms with Crippen LogP contribution in [0.5, 0.6) is 5.75 Å². The number of carboxylic acid groups (broad SMARTS) is 2. The fourth-order valence-corrected chi connectivity index (χ4v) is 1.66. The van der Waals surface area contributed by atoms with Crippen LogP contribution in [0.1, 0.15) is 29.9 Å². The minimum Gasteiger partial charge on any atom is -0.508 e. The zero-order chi connectivity index (χ0) is 13.0. The largest absolute Gasteiger partial charge is 0.508 e. The third-order valence-electron chi connectivity index (χ3n) is 2.53. The monoisotopic (exact) mass is 238 g/mol. The average molecular weight is 238 g/mol. The molecular weight excluding hydrogens is 224 g/mol. The minimum atomic E-state index is -1.04. The fourth-order valence-electron chi connectivity index (χ4n) is 1.66. The molecule has 0 aliphatic rings. The molecule has 0 heterocycles. The Morgan fingerprint density at radius 1 is 1.18 bits per heavy atom. The van der Waals surface area contributed by atoms with Gasteiger partial charge in [-0.2, -0.15) is 0 Å². The molecule has 0 aromatic heterocycles. The minimum absolute atomic E-state index is 0.109. The van der Waals surface area contributed by atoms with Crippen molar-refractivity contribution >= 4 is 11.9 Å². The molecule has 0 radical (unpaired) electrons. The van der Waals surface area contributed by atoms with Gasteiger partial charge in [0.15, 0.2) is 0 Å². The van der Waals surface area contributed by atoms with Gasteiger partial charge in [-0.1, -0.05) is 12.1 Å². The van der Waals surface area contributed by atoms with Crippen molar-refractivity contribution in [3.05, 3.63) is 29.3 Å². The maximum Gasteiger partial charge on any atom is 0.303 e. The number of hydrogen-bond donors (Lipinski definition) is 3. The first kappa shape index (κ1) is 13.0. The average Bonchev–Trinajstić information content (AvgIpc) is 2.19. The summed E-state index contributed by atoms with van der Waals surface area (Å²) in [5.41, 5.74) is 1.22. The molecule has 0 fully saturated rings. The summed E-state index contributed by atoms with van der Waals surface area (Å²) in [5, 5.41) is 26.8. The molecule has 0 atom stereocenters. The van der Waals surface area contributed by atoms with Crippen LogP contribution in [0.25, 0.3) is 0 Å². The Morgan fingerprint density at radius 2 is 1.71 bits per heavy atom. The van der Waals surface area contributed by atoms with Crippen LogP contribution in [0.2, 0.25) is 0 Å². The van der Waals surface area contributed by atoms with Crippen molar-refractivity contribution < 1.29 is 24.9 Å². The summed E-state index contributed by atoms with van der Waals surface area (Å²) in [5.74, 6) is -2.55. The van der Waals surface area contributed by atoms with E-state index in [0.717, 1.165) is 0 Å². The number of hydrogen-bond acceptors (Lipinski definition) is 3. The van der Waals surface area contributed by atoms with Gasteiger partial charge in [0.2, 0.25) is 0 Å². The van der Waals surface area contributed by atoms with Gasteiger partial charge in [0.05, 0.1) is 12.8 Å². The van der Waals surface area contributed by atoms with Gasteiger partial charge >= 0.3 is 11.9 Å². The third kappa shape index (κ3) is 3.79. The number of phenolic OH excluding ortho intramolecular Hbond substituents is 1. The van der Waals surface area contributed by atoms with E-state index in [0.29, 0.717) is 11.1 Å². The number of carboxylic acids is 2. The molecule has 0 spiro atoms. The Bertz CT molecular complexity index is 423. The van der Waals surface area contributed by atoms with Crippen molar-refractivity contribution in [2.75, 3.05) is 0 Å². The topological polar surface area (TPSA) is 94.8 Å². The van der Waals surface area contributed by atoms with E-state index in [9.17, 15) is 14.7 Å². The number of aromatic hydroxyl groups is 1. The quantitative estimate of drug-likeness (QED) is 0.726. The number of carbonyl (C=O) groups is 2. The van der Waals surface area contributed by atoms with E-state index in [1.54, 1.807) is 19.1 Å². The van der Waals surface area contributed by atoms with Crippen LogP contribution in [-0.2, 0) is 9.59 Å². The molecule has 0 aliphatic carbocycles. The van der Waals surface area contributed by atoms with Gasteiger partial charge in [-0.15, -0.1) is 0 Å². The zero-order valence-electron chi connectivity index (χ0n) is 9.38. The predicted octanol–water partition coefficient (Wildman–Crippen LogP) is 1.73. The van der Waals surface area contributed by atoms with Crippen LogP contribution in [0.15, 0.2) is 18.2 Å². The Balaban J connectivity index is 2.98. The molecule has 0 saturated carbocycles. The number of rotatable bonds is 5. The zero-order valence-corrected chi connectivity index (χ0v) is 9.38. The van der Waals surface area contributed by atoms with Crippen molar-refractivity contribution in [3.63, 3.8) is 0 Å². The van der Waals surface area contributed by atoms with Crippen molar-refractivity contribution in [3.8, 4) is 5.75 Å². The molecular formula is C12H14O5. The summed E-state index contributed by atoms with van der Waals surface area (Å²) in [7, 11) is 0. The third-order valence-corrected chi connectivity index (χ3v) is 2.53. The molecule has 5 nitrogen and oxygen atoms in total. The molecule has 0 bridgehead atoms. The van der Waals surface area contributed by atoms with Gasteiger partial charge in [0, 0.05) is 5.92 Å². The predicted molar refractivity (Wildman–Crippen MR) is 60.1 cm³/mol. The first-order valence-electron chi connectivity index (χ1n) is 5.13. The van der Waals surface area contributed by atoms with Crippen molar-refractivity contribution in [2.24, 2.45) is 0 Å². The van der Waals surface area contributed by atoms with Crippen molar-refractivity contribution in [1.29, 1.82) is 0 Å². The van der Waals surface area contributed by atoms with Gasteiger partial charge < -0.3 is 15.3 Å². The number of aryl methyl sites for hydroxylation is 1. The van der Waals surface area contributed by atoms with Crippen LogP contribution in [0, 0.1) is 6.92 Å². The van der Waals surface area contributed by atoms with Crippen LogP contribution in [0.3, 0.4) is 0 Å². The Labute approximate surface area is 98.3 Å². The van der Waals surface area contributed by atoms with Crippen molar-refractivity contribution in [2.45, 2.75) is 25.7 Å². The van der Waals surface area contributed by atoms with Crippen molar-refractivity contribution in [1.82, 2.24) is 0 Å². The van der Waals surface area contributed by atoms with Gasteiger partial charge in [-0.25, -0.2) is 0 Å². The lowest BCUT2D eigenvalue weighted by Gasteiger charge is -2.14. The lowest BCUT2D eigenvalue weighted by Crippen LogP contribution is -2.11. The highest BCUT2D eigenvalue weighted by Gasteiger charge is 2.19. The summed E-state index contributed by atoms with van der Waals surface area (Å²) < 4.78 is 0. The van der Waals surface area contributed by atoms with E-state index in [2.05, 4.69) is 0 Å². The van der Waals surface area contributed by atoms with Gasteiger partial charge in [0.1, 0.15) is 5.75 Å². The molecule has 1 rings (SSSR count). The second-order valence-electron chi connectivity index (χ2n) is 3.94. The molecule has 1 aromatic carbocycles. The van der Waals surface area contributed by atoms with Crippen LogP contribution >= 0.6 is 0 Å². The lowest BCUT2D eigenvalue weighted by molar-refractivity contribution is -0.139. The Kier molecular flexibility index (Phi) is 4.09. The van der Waals surface area contributed by atoms with Gasteiger partial charge in [-0.05, 0) is 24.1 Å². The molecule has 0 unspecified atom stereocenters. The molecule has 0 amide bonds. The summed E-state index contributed by atoms with van der Waals surface area (Å²) in [6, 6.07) is 4.62. The number of phenols is 1. The number of aliphatic carboxylic acids is 2. The summed E-state index contributed by atoms with van der Waals surface area (Å²) >= 11 is 0. The maximum absolute atomic E-state index is 10.7. The highest BCUT2D eigenvalue weighted by atomic mass is 16.4. The SMILES string of the molecule is Cc1cc(C(CC(=O)O)CC(=O)O)ccc1O. The highest BCUT2D eigenvalue weighted by Crippen LogP contribution is 2.27. The second kappa shape index (κ2) is 5.34. The standard InChI is InChI=1S/C12H14O5/c1-7-4-8(2-3-10(7)13)9(5-11(14)15)6-12(16)17/h2-4,9,13H,5-6H2,1H3,(H,14,15)(H,16,17). The summed E-state index contributed by atoms with van der Waals surface area (Å²) in [4.78, 5) is 21.3. The van der Waals surface area contributed by atoms with E-state index < -0.39 is 17.9 Å². The smallest absolute Gasteiger partial charge is 0.303 e. The van der Waals surface area contributed by atoms with Gasteiger partial charge in [-0.3, -0.25) is 9.59 Å². The lowest BCUT2D eigenvalue weighted by atomic mass is 9.91. The summed E-state index contributed by atoms with van der Waals surface area (Å²) in [6.07, 6.45) is -0.479. The Hall–Kier alpha value is -2.04. The maximum atomic E-state index is 10.7. The molecule has 1 aromatic rings. The highest BCUT2D eigenvalue weighted by molar-refractivity contribution is 5.72. The van der Waals surface area contributed by atoms with E-state index in [-0.39, 0.29) is 18.6 Å². The second-order valence-corrected chi connectivity index (χ2v) is 3.94. The Morgan fingerprint density at radius 3 is 2.12 bits per heavy atom. The first-order valence-corrected chi connectivity index (χ1v) is 5.13. The van der Waals surface area contributed by atoms with E-state index >= 15 is 0 Å². The molecule has 0 aliphatic heterocycles. The molecule has 3 N–H and O–H groups in total. The van der Waals surface area contributed by atoms with E-state index in [4.69, 9.17) is 10.2 Å². The van der Waals surface area contributed by atoms with Crippen LogP contribution < -0.4 is 0 Å². The van der Waals surface area contributed by atoms with Crippen LogP contribution in [-0.4, -0.2) is 27.3 Å². The van der Waals surface area contributed by atoms with E-state index in [1.807, 2.05) is 0 Å². The first-order chi connectivity index (χ1) is 7.90. The number of benzene rings is 1. The molecule has 92 valence electrons. The normalized spacial score (nSPS) is 10.5.